The van der Waals surface area contributed by atoms with Crippen LogP contribution in [0.1, 0.15) is 296 Å². The lowest BCUT2D eigenvalue weighted by Crippen LogP contribution is -2.29. The first-order chi connectivity index (χ1) is 38.8. The number of esters is 2. The van der Waals surface area contributed by atoms with E-state index in [1.165, 1.54) is 173 Å². The molecule has 0 rings (SSSR count). The standard InChI is InChI=1S/C69H122NO8P/c1-3-5-7-9-11-13-15-17-19-21-22-23-24-25-26-27-28-29-30-31-32-33-34-35-36-37-38-39-40-41-42-43-44-46-48-50-52-54-56-58-60-62-69(72)78-67(66-77-79(73,74)76-64-63-70)65-75-68(71)61-59-57-55-53-51-49-47-45-20-18-16-14-12-10-8-6-4-2/h5,7,11,13,17,19,22-23,25-26,28-29,31-32,34-35,67H,3-4,6,8-10,12,14-16,18,20-21,24,27,30,33,36-66,70H2,1-2H3,(H,73,74)/b7-5-,13-11-,19-17-,23-22-,26-25-,29-28-,32-31-,35-34-. The Kier molecular flexibility index (Phi) is 61.6. The Morgan fingerprint density at radius 2 is 0.696 bits per heavy atom. The van der Waals surface area contributed by atoms with Crippen molar-refractivity contribution in [3.8, 4) is 0 Å². The minimum atomic E-state index is -4.39. The molecule has 0 spiro atoms. The molecule has 0 saturated carbocycles. The van der Waals surface area contributed by atoms with E-state index >= 15 is 0 Å². The Bertz CT molecular complexity index is 1610. The van der Waals surface area contributed by atoms with Gasteiger partial charge in [-0.25, -0.2) is 4.57 Å². The fourth-order valence-corrected chi connectivity index (χ4v) is 9.95. The molecule has 0 aliphatic heterocycles. The van der Waals surface area contributed by atoms with Crippen LogP contribution in [0, 0.1) is 0 Å². The molecule has 0 saturated heterocycles. The number of phosphoric ester groups is 1. The van der Waals surface area contributed by atoms with Gasteiger partial charge in [0.05, 0.1) is 13.2 Å². The summed E-state index contributed by atoms with van der Waals surface area (Å²) in [7, 11) is -4.39. The van der Waals surface area contributed by atoms with Crippen molar-refractivity contribution in [2.24, 2.45) is 5.73 Å². The number of ether oxygens (including phenoxy) is 2. The van der Waals surface area contributed by atoms with Gasteiger partial charge in [0.15, 0.2) is 6.10 Å². The fourth-order valence-electron chi connectivity index (χ4n) is 9.18. The van der Waals surface area contributed by atoms with E-state index in [9.17, 15) is 19.0 Å². The second-order valence-electron chi connectivity index (χ2n) is 21.6. The van der Waals surface area contributed by atoms with E-state index in [-0.39, 0.29) is 38.6 Å². The number of rotatable bonds is 61. The molecule has 0 aliphatic rings. The number of nitrogens with two attached hydrogens (primary N) is 1. The largest absolute Gasteiger partial charge is 0.472 e. The summed E-state index contributed by atoms with van der Waals surface area (Å²) < 4.78 is 33.1. The van der Waals surface area contributed by atoms with Gasteiger partial charge in [0.1, 0.15) is 6.61 Å². The smallest absolute Gasteiger partial charge is 0.462 e. The first kappa shape index (κ1) is 75.9. The number of carbonyl (C=O) groups is 2. The molecule has 0 aromatic rings. The molecule has 0 aliphatic carbocycles. The van der Waals surface area contributed by atoms with Gasteiger partial charge in [-0.1, -0.05) is 304 Å². The quantitative estimate of drug-likeness (QED) is 0.0264. The van der Waals surface area contributed by atoms with Gasteiger partial charge in [0.25, 0.3) is 0 Å². The third-order valence-electron chi connectivity index (χ3n) is 14.0. The van der Waals surface area contributed by atoms with Crippen LogP contribution in [0.25, 0.3) is 0 Å². The third kappa shape index (κ3) is 64.0. The number of allylic oxidation sites excluding steroid dienone is 16. The zero-order chi connectivity index (χ0) is 57.3. The Morgan fingerprint density at radius 1 is 0.392 bits per heavy atom. The zero-order valence-electron chi connectivity index (χ0n) is 51.1. The lowest BCUT2D eigenvalue weighted by Gasteiger charge is -2.19. The molecule has 0 aromatic carbocycles. The third-order valence-corrected chi connectivity index (χ3v) is 15.0. The van der Waals surface area contributed by atoms with Crippen molar-refractivity contribution >= 4 is 19.8 Å². The van der Waals surface area contributed by atoms with Crippen LogP contribution < -0.4 is 5.73 Å². The maximum Gasteiger partial charge on any atom is 0.472 e. The normalized spacial score (nSPS) is 13.6. The Hall–Kier alpha value is -3.07. The molecule has 10 heteroatoms. The van der Waals surface area contributed by atoms with E-state index in [1.54, 1.807) is 0 Å². The summed E-state index contributed by atoms with van der Waals surface area (Å²) in [5.74, 6) is -0.817. The van der Waals surface area contributed by atoms with Crippen LogP contribution in [0.5, 0.6) is 0 Å². The second-order valence-corrected chi connectivity index (χ2v) is 23.1. The van der Waals surface area contributed by atoms with Crippen molar-refractivity contribution < 1.29 is 37.6 Å². The van der Waals surface area contributed by atoms with Crippen molar-refractivity contribution in [1.82, 2.24) is 0 Å². The summed E-state index contributed by atoms with van der Waals surface area (Å²) >= 11 is 0. The van der Waals surface area contributed by atoms with Crippen molar-refractivity contribution in [3.05, 3.63) is 97.2 Å². The van der Waals surface area contributed by atoms with E-state index in [1.807, 2.05) is 0 Å². The van der Waals surface area contributed by atoms with Gasteiger partial charge < -0.3 is 20.1 Å². The Morgan fingerprint density at radius 3 is 1.04 bits per heavy atom. The average molecular weight is 1120 g/mol. The maximum absolute atomic E-state index is 12.7. The maximum atomic E-state index is 12.7. The number of hydrogen-bond donors (Lipinski definition) is 2. The van der Waals surface area contributed by atoms with Crippen LogP contribution in [0.3, 0.4) is 0 Å². The number of carbonyl (C=O) groups excluding carboxylic acids is 2. The van der Waals surface area contributed by atoms with Crippen molar-refractivity contribution in [2.75, 3.05) is 26.4 Å². The summed E-state index contributed by atoms with van der Waals surface area (Å²) in [4.78, 5) is 35.2. The number of phosphoric acid groups is 1. The Balaban J connectivity index is 3.85. The van der Waals surface area contributed by atoms with Gasteiger partial charge in [-0.15, -0.1) is 0 Å². The summed E-state index contributed by atoms with van der Waals surface area (Å²) in [5, 5.41) is 0. The van der Waals surface area contributed by atoms with Crippen molar-refractivity contribution in [3.63, 3.8) is 0 Å². The van der Waals surface area contributed by atoms with E-state index in [0.29, 0.717) is 6.42 Å². The number of hydrogen-bond acceptors (Lipinski definition) is 8. The zero-order valence-corrected chi connectivity index (χ0v) is 52.0. The molecule has 9 nitrogen and oxygen atoms in total. The summed E-state index contributed by atoms with van der Waals surface area (Å²) in [6.07, 6.45) is 86.3. The highest BCUT2D eigenvalue weighted by atomic mass is 31.2. The minimum absolute atomic E-state index is 0.0529. The van der Waals surface area contributed by atoms with Crippen molar-refractivity contribution in [2.45, 2.75) is 302 Å². The lowest BCUT2D eigenvalue weighted by atomic mass is 10.0. The summed E-state index contributed by atoms with van der Waals surface area (Å²) in [5.41, 5.74) is 5.39. The van der Waals surface area contributed by atoms with Crippen LogP contribution in [0.4, 0.5) is 0 Å². The monoisotopic (exact) mass is 1120 g/mol. The van der Waals surface area contributed by atoms with Gasteiger partial charge in [-0.05, 0) is 77.0 Å². The van der Waals surface area contributed by atoms with Gasteiger partial charge in [-0.3, -0.25) is 18.6 Å². The fraction of sp³-hybridized carbons (Fsp3) is 0.739. The molecule has 2 unspecified atom stereocenters. The average Bonchev–Trinajstić information content (AvgIpc) is 3.44. The van der Waals surface area contributed by atoms with Gasteiger partial charge >= 0.3 is 19.8 Å². The molecule has 3 N–H and O–H groups in total. The summed E-state index contributed by atoms with van der Waals surface area (Å²) in [6, 6.07) is 0. The Labute approximate surface area is 486 Å². The van der Waals surface area contributed by atoms with Gasteiger partial charge in [0.2, 0.25) is 0 Å². The van der Waals surface area contributed by atoms with Gasteiger partial charge in [0, 0.05) is 19.4 Å². The molecule has 0 amide bonds. The topological polar surface area (TPSA) is 134 Å². The molecule has 0 bridgehead atoms. The number of unbranched alkanes of at least 4 members (excludes halogenated alkanes) is 32. The van der Waals surface area contributed by atoms with Crippen molar-refractivity contribution in [1.29, 1.82) is 0 Å². The molecule has 0 heterocycles. The van der Waals surface area contributed by atoms with E-state index < -0.39 is 26.5 Å². The predicted octanol–water partition coefficient (Wildman–Crippen LogP) is 21.2. The van der Waals surface area contributed by atoms with Gasteiger partial charge in [-0.2, -0.15) is 0 Å². The van der Waals surface area contributed by atoms with Crippen LogP contribution in [-0.2, 0) is 32.7 Å². The SMILES string of the molecule is CC/C=C\C/C=C\C/C=C\C/C=C\C/C=C\C/C=C\C/C=C\C/C=C\CCCCCCCCCCCCCCCCCCC(=O)OC(COC(=O)CCCCCCCCCCCCCCCCCCC)COP(=O)(O)OCCN. The predicted molar refractivity (Wildman–Crippen MR) is 339 cm³/mol. The highest BCUT2D eigenvalue weighted by Crippen LogP contribution is 2.43. The molecule has 456 valence electrons. The first-order valence-electron chi connectivity index (χ1n) is 32.7. The molecule has 79 heavy (non-hydrogen) atoms. The molecule has 2 atom stereocenters. The molecule has 0 fully saturated rings. The highest BCUT2D eigenvalue weighted by Gasteiger charge is 2.26. The molecular weight excluding hydrogens is 1000 g/mol. The van der Waals surface area contributed by atoms with Crippen LogP contribution in [-0.4, -0.2) is 49.3 Å². The van der Waals surface area contributed by atoms with E-state index in [0.717, 1.165) is 89.9 Å². The first-order valence-corrected chi connectivity index (χ1v) is 34.2. The van der Waals surface area contributed by atoms with Crippen LogP contribution in [0.15, 0.2) is 97.2 Å². The van der Waals surface area contributed by atoms with Crippen LogP contribution >= 0.6 is 7.82 Å². The molecule has 0 aromatic heterocycles. The summed E-state index contributed by atoms with van der Waals surface area (Å²) in [6.45, 7) is 3.66. The lowest BCUT2D eigenvalue weighted by molar-refractivity contribution is -0.161. The molecule has 0 radical (unpaired) electrons. The van der Waals surface area contributed by atoms with Crippen LogP contribution in [0.2, 0.25) is 0 Å². The second kappa shape index (κ2) is 64.1. The minimum Gasteiger partial charge on any atom is -0.462 e. The van der Waals surface area contributed by atoms with E-state index in [2.05, 4.69) is 111 Å². The van der Waals surface area contributed by atoms with E-state index in [4.69, 9.17) is 24.3 Å². The molecular formula is C69H122NO8P. The highest BCUT2D eigenvalue weighted by molar-refractivity contribution is 7.47.